The first kappa shape index (κ1) is 25.4. The topological polar surface area (TPSA) is 64.4 Å². The van der Waals surface area contributed by atoms with Crippen LogP contribution in [-0.2, 0) is 39.9 Å². The first-order valence-electron chi connectivity index (χ1n) is 12.3. The molecular weight excluding hydrogens is 459 g/mol. The maximum Gasteiger partial charge on any atom is 0.435 e. The monoisotopic (exact) mass is 491 g/mol. The summed E-state index contributed by atoms with van der Waals surface area (Å²) in [5.74, 6) is -0.718. The number of nitrogens with zero attached hydrogens (tertiary/aromatic N) is 3. The van der Waals surface area contributed by atoms with Crippen LogP contribution < -0.4 is 4.90 Å². The largest absolute Gasteiger partial charge is 0.435 e. The lowest BCUT2D eigenvalue weighted by molar-refractivity contribution is -0.142. The van der Waals surface area contributed by atoms with Gasteiger partial charge in [-0.2, -0.15) is 18.3 Å². The summed E-state index contributed by atoms with van der Waals surface area (Å²) in [5, 5.41) is 3.81. The Hall–Kier alpha value is -2.68. The smallest absolute Gasteiger partial charge is 0.381 e. The minimum Gasteiger partial charge on any atom is -0.381 e. The predicted molar refractivity (Wildman–Crippen MR) is 125 cm³/mol. The van der Waals surface area contributed by atoms with E-state index in [1.165, 1.54) is 4.68 Å². The molecule has 1 saturated heterocycles. The van der Waals surface area contributed by atoms with E-state index in [1.807, 2.05) is 30.3 Å². The van der Waals surface area contributed by atoms with Crippen molar-refractivity contribution in [1.82, 2.24) is 9.78 Å². The predicted octanol–water partition coefficient (Wildman–Crippen LogP) is 4.84. The van der Waals surface area contributed by atoms with E-state index in [4.69, 9.17) is 4.74 Å². The summed E-state index contributed by atoms with van der Waals surface area (Å²) in [6.45, 7) is 1.02. The average Bonchev–Trinajstić information content (AvgIpc) is 3.23. The van der Waals surface area contributed by atoms with Gasteiger partial charge in [-0.1, -0.05) is 18.2 Å². The Bertz CT molecular complexity index is 1030. The maximum atomic E-state index is 13.5. The van der Waals surface area contributed by atoms with E-state index in [0.717, 1.165) is 24.9 Å². The van der Waals surface area contributed by atoms with E-state index < -0.39 is 17.8 Å². The molecular formula is C26H32F3N3O3. The Morgan fingerprint density at radius 2 is 1.83 bits per heavy atom. The number of anilines is 1. The number of alkyl halides is 3. The molecule has 1 aliphatic heterocycles. The van der Waals surface area contributed by atoms with Gasteiger partial charge in [-0.15, -0.1) is 0 Å². The molecule has 1 unspecified atom stereocenters. The van der Waals surface area contributed by atoms with Crippen molar-refractivity contribution in [2.24, 2.45) is 11.8 Å². The van der Waals surface area contributed by atoms with Gasteiger partial charge in [-0.05, 0) is 63.0 Å². The fourth-order valence-corrected chi connectivity index (χ4v) is 5.24. The molecule has 190 valence electrons. The molecule has 0 saturated carbocycles. The number of ketones is 1. The second kappa shape index (κ2) is 10.9. The average molecular weight is 492 g/mol. The minimum absolute atomic E-state index is 0.0245. The molecule has 2 aliphatic rings. The van der Waals surface area contributed by atoms with Crippen LogP contribution in [0, 0.1) is 11.8 Å². The number of hydrogen-bond donors (Lipinski definition) is 0. The van der Waals surface area contributed by atoms with Gasteiger partial charge in [0.05, 0.1) is 6.54 Å². The number of halogens is 3. The van der Waals surface area contributed by atoms with Gasteiger partial charge in [0, 0.05) is 49.5 Å². The molecule has 1 amide bonds. The van der Waals surface area contributed by atoms with Gasteiger partial charge in [0.15, 0.2) is 11.5 Å². The van der Waals surface area contributed by atoms with Gasteiger partial charge in [0.25, 0.3) is 0 Å². The molecule has 2 heterocycles. The van der Waals surface area contributed by atoms with E-state index in [9.17, 15) is 22.8 Å². The first-order valence-corrected chi connectivity index (χ1v) is 12.3. The number of carbonyl (C=O) groups is 2. The lowest BCUT2D eigenvalue weighted by Gasteiger charge is -2.29. The second-order valence-electron chi connectivity index (χ2n) is 9.60. The standard InChI is InChI=1S/C26H32F3N3O3/c1-31(20-7-3-2-4-8-20)25(34)19(15-18-11-13-35-14-12-18)16-21(33)17-32-23-10-6-5-9-22(23)24(30-32)26(27,28)29/h2-4,7-8,18-19H,5-6,9-17H2,1H3. The van der Waals surface area contributed by atoms with Crippen molar-refractivity contribution < 1.29 is 27.5 Å². The molecule has 6 nitrogen and oxygen atoms in total. The number of fused-ring (bicyclic) bond motifs is 1. The molecule has 9 heteroatoms. The molecule has 2 aromatic rings. The number of rotatable bonds is 8. The van der Waals surface area contributed by atoms with Crippen LogP contribution in [0.3, 0.4) is 0 Å². The van der Waals surface area contributed by atoms with Crippen LogP contribution in [0.4, 0.5) is 18.9 Å². The summed E-state index contributed by atoms with van der Waals surface area (Å²) in [5.41, 5.74) is 0.581. The van der Waals surface area contributed by atoms with Crippen molar-refractivity contribution in [1.29, 1.82) is 0 Å². The van der Waals surface area contributed by atoms with Crippen LogP contribution in [0.25, 0.3) is 0 Å². The van der Waals surface area contributed by atoms with Crippen LogP contribution in [0.15, 0.2) is 30.3 Å². The summed E-state index contributed by atoms with van der Waals surface area (Å²) >= 11 is 0. The highest BCUT2D eigenvalue weighted by molar-refractivity contribution is 5.97. The van der Waals surface area contributed by atoms with E-state index in [1.54, 1.807) is 11.9 Å². The van der Waals surface area contributed by atoms with Gasteiger partial charge in [0.2, 0.25) is 5.91 Å². The highest BCUT2D eigenvalue weighted by Crippen LogP contribution is 2.36. The Kier molecular flexibility index (Phi) is 7.94. The minimum atomic E-state index is -4.55. The molecule has 1 atom stereocenters. The lowest BCUT2D eigenvalue weighted by atomic mass is 9.85. The number of benzene rings is 1. The Morgan fingerprint density at radius 3 is 2.51 bits per heavy atom. The van der Waals surface area contributed by atoms with E-state index in [0.29, 0.717) is 44.6 Å². The summed E-state index contributed by atoms with van der Waals surface area (Å²) < 4.78 is 47.3. The van der Waals surface area contributed by atoms with Crippen LogP contribution in [0.5, 0.6) is 0 Å². The van der Waals surface area contributed by atoms with Crippen LogP contribution in [0.2, 0.25) is 0 Å². The SMILES string of the molecule is CN(C(=O)C(CC(=O)Cn1nc(C(F)(F)F)c2c1CCCC2)CC1CCOCC1)c1ccccc1. The normalized spacial score (nSPS) is 17.6. The quantitative estimate of drug-likeness (QED) is 0.530. The van der Waals surface area contributed by atoms with Gasteiger partial charge >= 0.3 is 6.18 Å². The highest BCUT2D eigenvalue weighted by Gasteiger charge is 2.40. The lowest BCUT2D eigenvalue weighted by Crippen LogP contribution is -2.36. The van der Waals surface area contributed by atoms with Crippen molar-refractivity contribution >= 4 is 17.4 Å². The fraction of sp³-hybridized carbons (Fsp3) is 0.577. The molecule has 1 aliphatic carbocycles. The molecule has 4 rings (SSSR count). The molecule has 35 heavy (non-hydrogen) atoms. The summed E-state index contributed by atoms with van der Waals surface area (Å²) in [6.07, 6.45) is -0.101. The molecule has 1 aromatic carbocycles. The third-order valence-corrected chi connectivity index (χ3v) is 7.11. The van der Waals surface area contributed by atoms with Gasteiger partial charge in [-0.25, -0.2) is 0 Å². The summed E-state index contributed by atoms with van der Waals surface area (Å²) in [7, 11) is 1.69. The maximum absolute atomic E-state index is 13.5. The van der Waals surface area contributed by atoms with Crippen molar-refractivity contribution in [3.8, 4) is 0 Å². The number of ether oxygens (including phenoxy) is 1. The molecule has 1 fully saturated rings. The zero-order valence-corrected chi connectivity index (χ0v) is 20.0. The van der Waals surface area contributed by atoms with Gasteiger partial charge in [-0.3, -0.25) is 14.3 Å². The Morgan fingerprint density at radius 1 is 1.14 bits per heavy atom. The Labute approximate surface area is 203 Å². The van der Waals surface area contributed by atoms with Crippen molar-refractivity contribution in [3.63, 3.8) is 0 Å². The zero-order valence-electron chi connectivity index (χ0n) is 20.0. The first-order chi connectivity index (χ1) is 16.7. The van der Waals surface area contributed by atoms with E-state index in [-0.39, 0.29) is 36.1 Å². The third-order valence-electron chi connectivity index (χ3n) is 7.11. The highest BCUT2D eigenvalue weighted by atomic mass is 19.4. The summed E-state index contributed by atoms with van der Waals surface area (Å²) in [4.78, 5) is 28.1. The number of amides is 1. The van der Waals surface area contributed by atoms with E-state index in [2.05, 4.69) is 5.10 Å². The molecule has 0 bridgehead atoms. The number of carbonyl (C=O) groups excluding carboxylic acids is 2. The number of Topliss-reactive ketones (excluding diaryl/α,β-unsaturated/α-hetero) is 1. The van der Waals surface area contributed by atoms with Gasteiger partial charge < -0.3 is 9.64 Å². The number of hydrogen-bond acceptors (Lipinski definition) is 4. The van der Waals surface area contributed by atoms with Crippen LogP contribution >= 0.6 is 0 Å². The molecule has 0 spiro atoms. The van der Waals surface area contributed by atoms with Crippen molar-refractivity contribution in [2.75, 3.05) is 25.2 Å². The fourth-order valence-electron chi connectivity index (χ4n) is 5.24. The summed E-state index contributed by atoms with van der Waals surface area (Å²) in [6, 6.07) is 9.22. The molecule has 0 N–H and O–H groups in total. The van der Waals surface area contributed by atoms with Crippen molar-refractivity contribution in [3.05, 3.63) is 47.3 Å². The Balaban J connectivity index is 1.52. The number of aromatic nitrogens is 2. The van der Waals surface area contributed by atoms with Crippen LogP contribution in [-0.4, -0.2) is 41.7 Å². The van der Waals surface area contributed by atoms with E-state index >= 15 is 0 Å². The third kappa shape index (κ3) is 6.12. The van der Waals surface area contributed by atoms with Crippen LogP contribution in [0.1, 0.15) is 55.5 Å². The molecule has 0 radical (unpaired) electrons. The van der Waals surface area contributed by atoms with Crippen molar-refractivity contribution in [2.45, 2.75) is 64.1 Å². The second-order valence-corrected chi connectivity index (χ2v) is 9.60. The molecule has 1 aromatic heterocycles. The number of para-hydroxylation sites is 1. The zero-order chi connectivity index (χ0) is 25.0. The van der Waals surface area contributed by atoms with Gasteiger partial charge in [0.1, 0.15) is 0 Å².